The molecule has 116 heavy (non-hydrogen) atoms. The van der Waals surface area contributed by atoms with Crippen molar-refractivity contribution in [1.29, 1.82) is 0 Å². The van der Waals surface area contributed by atoms with E-state index in [9.17, 15) is 68.7 Å². The first-order valence-corrected chi connectivity index (χ1v) is 42.1. The van der Waals surface area contributed by atoms with Crippen molar-refractivity contribution in [2.24, 2.45) is 46.2 Å². The van der Waals surface area contributed by atoms with Crippen LogP contribution in [0.25, 0.3) is 0 Å². The molecule has 10 rings (SSSR count). The number of hydrogen-bond donors (Lipinski definition) is 14. The van der Waals surface area contributed by atoms with Crippen LogP contribution in [0, 0.1) is 40.4 Å². The molecule has 2 aromatic carbocycles. The fourth-order valence-corrected chi connectivity index (χ4v) is 19.5. The number of urea groups is 1. The summed E-state index contributed by atoms with van der Waals surface area (Å²) in [5.74, 6) is -5.22. The number of nitrogens with one attached hydrogen (secondary N) is 8. The van der Waals surface area contributed by atoms with Crippen LogP contribution in [0.15, 0.2) is 47.8 Å². The smallest absolute Gasteiger partial charge is 0.312 e. The minimum atomic E-state index is -1.60. The first kappa shape index (κ1) is 90.6. The number of fused-ring (bicyclic) bond motifs is 6. The van der Waals surface area contributed by atoms with E-state index in [1.807, 2.05) is 44.2 Å². The number of Topliss-reactive ketones (excluding diaryl/α,β-unsaturated/α-hetero) is 1. The molecule has 32 heteroatoms. The first-order valence-electron chi connectivity index (χ1n) is 42.1. The number of anilines is 1. The molecule has 4 fully saturated rings. The Bertz CT molecular complexity index is 3830. The van der Waals surface area contributed by atoms with Crippen LogP contribution in [0.3, 0.4) is 0 Å². The van der Waals surface area contributed by atoms with E-state index < -0.39 is 119 Å². The molecular formula is C84H127N11O21. The number of hydrogen-bond acceptors (Lipinski definition) is 24. The Morgan fingerprint density at radius 3 is 1.91 bits per heavy atom. The quantitative estimate of drug-likeness (QED) is 0.0329. The number of nitrogens with two attached hydrogens (primary N) is 1. The van der Waals surface area contributed by atoms with E-state index in [1.165, 1.54) is 15.5 Å². The highest BCUT2D eigenvalue weighted by molar-refractivity contribution is 6.03. The maximum Gasteiger partial charge on any atom is 0.312 e. The summed E-state index contributed by atoms with van der Waals surface area (Å²) in [5.41, 5.74) is 15.0. The number of aliphatic hydroxyl groups excluding tert-OH is 4. The lowest BCUT2D eigenvalue weighted by molar-refractivity contribution is -0.266. The molecule has 32 nitrogen and oxygen atoms in total. The number of aliphatic hydroxyl groups is 4. The molecule has 0 radical (unpaired) electrons. The van der Waals surface area contributed by atoms with Gasteiger partial charge in [0, 0.05) is 49.9 Å². The number of allylic oxidation sites excluding steroid dienone is 1. The number of carbonyl (C=O) groups excluding carboxylic acids is 10. The minimum Gasteiger partial charge on any atom is -0.508 e. The summed E-state index contributed by atoms with van der Waals surface area (Å²) in [5, 5.41) is 71.3. The van der Waals surface area contributed by atoms with Gasteiger partial charge < -0.3 is 91.7 Å². The van der Waals surface area contributed by atoms with Crippen LogP contribution in [0.4, 0.5) is 10.5 Å². The molecule has 10 amide bonds. The van der Waals surface area contributed by atoms with Crippen LogP contribution in [-0.4, -0.2) is 229 Å². The zero-order chi connectivity index (χ0) is 83.7. The van der Waals surface area contributed by atoms with E-state index in [2.05, 4.69) is 56.7 Å². The van der Waals surface area contributed by atoms with E-state index in [1.54, 1.807) is 26.8 Å². The van der Waals surface area contributed by atoms with Gasteiger partial charge in [0.25, 0.3) is 0 Å². The second kappa shape index (κ2) is 41.3. The van der Waals surface area contributed by atoms with Gasteiger partial charge in [-0.05, 0) is 178 Å². The Morgan fingerprint density at radius 1 is 0.672 bits per heavy atom. The number of rotatable bonds is 40. The molecule has 2 saturated heterocycles. The number of carbonyl (C=O) groups is 10. The molecule has 0 spiro atoms. The molecule has 15 N–H and O–H groups in total. The third-order valence-corrected chi connectivity index (χ3v) is 26.0. The molecule has 5 aliphatic carbocycles. The van der Waals surface area contributed by atoms with Crippen molar-refractivity contribution in [3.05, 3.63) is 70.0 Å². The van der Waals surface area contributed by atoms with E-state index in [0.717, 1.165) is 68.1 Å². The zero-order valence-electron chi connectivity index (χ0n) is 68.7. The molecular weight excluding hydrogens is 1500 g/mol. The number of phenolic OH excluding ortho intramolecular Hbond substituents is 1. The number of primary amides is 1. The third-order valence-electron chi connectivity index (χ3n) is 26.0. The molecule has 0 aromatic heterocycles. The fourth-order valence-electron chi connectivity index (χ4n) is 19.5. The Morgan fingerprint density at radius 2 is 1.29 bits per heavy atom. The van der Waals surface area contributed by atoms with Crippen molar-refractivity contribution >= 4 is 64.8 Å². The Hall–Kier alpha value is -7.76. The molecule has 644 valence electrons. The zero-order valence-corrected chi connectivity index (χ0v) is 68.7. The Kier molecular flexibility index (Phi) is 32.2. The van der Waals surface area contributed by atoms with Crippen LogP contribution < -0.4 is 48.6 Å². The SMILES string of the molecule is CC1CC(=O)N(CCOCCOCCOCCOCCC(=O)N[C@H](CCCCNC(=O)COC2CCCCCC3=C2NNN3[C@@H]2O[C@H](CO)[C@H](O)[C@H](O)[C@H]2O)C(=O)N[C@H](C(=O)C[C@@H](CCCNC(N)=O)C(=O)Nc2ccc3c(c2)[C@@]2(C)CCC[C@](C)(C(=O)NC(=O)[C@@]4(C)CCC[C@]5(C)c6cc(O)ccc6CC[C@@H]45)[C@@H]2CC3)C(C)C)C1=O. The summed E-state index contributed by atoms with van der Waals surface area (Å²) in [7, 11) is 0. The molecule has 3 heterocycles. The average Bonchev–Trinajstić information content (AvgIpc) is 0.825. The number of benzene rings is 2. The number of likely N-dealkylation sites (tertiary alicyclic amines) is 1. The van der Waals surface area contributed by atoms with Crippen molar-refractivity contribution in [2.45, 2.75) is 256 Å². The molecule has 2 unspecified atom stereocenters. The van der Waals surface area contributed by atoms with Gasteiger partial charge in [-0.3, -0.25) is 58.4 Å². The minimum absolute atomic E-state index is 0.0226. The highest BCUT2D eigenvalue weighted by atomic mass is 16.6. The van der Waals surface area contributed by atoms with Crippen LogP contribution in [0.1, 0.15) is 206 Å². The molecule has 0 bridgehead atoms. The number of aromatic hydroxyl groups is 1. The number of unbranched alkanes of at least 4 members (excludes halogenated alkanes) is 1. The van der Waals surface area contributed by atoms with Crippen molar-refractivity contribution in [2.75, 3.05) is 91.0 Å². The Labute approximate surface area is 679 Å². The maximum absolute atomic E-state index is 15.0. The molecule has 3 aliphatic heterocycles. The number of nitrogens with zero attached hydrogens (tertiary/aromatic N) is 2. The van der Waals surface area contributed by atoms with Crippen molar-refractivity contribution in [3.8, 4) is 5.75 Å². The highest BCUT2D eigenvalue weighted by Gasteiger charge is 2.59. The lowest BCUT2D eigenvalue weighted by Gasteiger charge is -2.56. The topological polar surface area (TPSA) is 456 Å². The molecule has 8 aliphatic rings. The second-order valence-corrected chi connectivity index (χ2v) is 34.3. The summed E-state index contributed by atoms with van der Waals surface area (Å²) < 4.78 is 34.5. The first-order chi connectivity index (χ1) is 55.4. The fraction of sp³-hybridized carbons (Fsp3) is 0.714. The van der Waals surface area contributed by atoms with Gasteiger partial charge in [-0.25, -0.2) is 4.79 Å². The number of hydrazine groups is 2. The van der Waals surface area contributed by atoms with E-state index in [-0.39, 0.29) is 170 Å². The van der Waals surface area contributed by atoms with Gasteiger partial charge in [0.15, 0.2) is 12.0 Å². The third kappa shape index (κ3) is 21.8. The van der Waals surface area contributed by atoms with E-state index in [4.69, 9.17) is 34.2 Å². The van der Waals surface area contributed by atoms with E-state index >= 15 is 4.79 Å². The van der Waals surface area contributed by atoms with Crippen LogP contribution in [-0.2, 0) is 95.2 Å². The maximum atomic E-state index is 15.0. The van der Waals surface area contributed by atoms with Gasteiger partial charge in [-0.2, -0.15) is 0 Å². The summed E-state index contributed by atoms with van der Waals surface area (Å²) in [6.07, 6.45) is 4.12. The lowest BCUT2D eigenvalue weighted by atomic mass is 9.49. The highest BCUT2D eigenvalue weighted by Crippen LogP contribution is 2.60. The summed E-state index contributed by atoms with van der Waals surface area (Å²) in [4.78, 5) is 139. The molecule has 16 atom stereocenters. The van der Waals surface area contributed by atoms with Gasteiger partial charge in [0.05, 0.1) is 94.3 Å². The van der Waals surface area contributed by atoms with Crippen molar-refractivity contribution in [1.82, 2.24) is 47.5 Å². The van der Waals surface area contributed by atoms with Gasteiger partial charge >= 0.3 is 6.03 Å². The van der Waals surface area contributed by atoms with Crippen LogP contribution in [0.2, 0.25) is 0 Å². The Balaban J connectivity index is 0.748. The number of ether oxygens (including phenoxy) is 6. The van der Waals surface area contributed by atoms with Crippen molar-refractivity contribution < 1.29 is 102 Å². The number of phenols is 1. The predicted molar refractivity (Wildman–Crippen MR) is 424 cm³/mol. The monoisotopic (exact) mass is 1630 g/mol. The average molecular weight is 1630 g/mol. The van der Waals surface area contributed by atoms with Gasteiger partial charge in [-0.1, -0.05) is 86.3 Å². The van der Waals surface area contributed by atoms with Crippen LogP contribution in [0.5, 0.6) is 5.75 Å². The predicted octanol–water partition coefficient (Wildman–Crippen LogP) is 4.17. The summed E-state index contributed by atoms with van der Waals surface area (Å²) in [6, 6.07) is 8.33. The number of imide groups is 2. The molecule has 2 aromatic rings. The summed E-state index contributed by atoms with van der Waals surface area (Å²) >= 11 is 0. The largest absolute Gasteiger partial charge is 0.508 e. The van der Waals surface area contributed by atoms with Gasteiger partial charge in [0.1, 0.15) is 48.9 Å². The molecule has 2 saturated carbocycles. The lowest BCUT2D eigenvalue weighted by Crippen LogP contribution is -2.64. The number of aryl methyl sites for hydroxylation is 2. The van der Waals surface area contributed by atoms with Crippen LogP contribution >= 0.6 is 0 Å². The normalized spacial score (nSPS) is 28.4. The number of amides is 10. The van der Waals surface area contributed by atoms with Gasteiger partial charge in [0.2, 0.25) is 47.3 Å². The van der Waals surface area contributed by atoms with E-state index in [0.29, 0.717) is 74.9 Å². The standard InChI is InChI=1S/C84H127N11O21/c1-50(2)69(61(98)45-54(16-13-34-87-80(85)110)74(105)88-55-24-20-52-22-26-64-81(4,57(52)46-55)29-14-31-83(64,6)78(108)91-79(109)84(7)32-15-30-82(5)58-47-56(97)25-21-53(58)23-27-65(82)84)90-75(106)59(89-66(99)28-36-111-38-40-113-42-43-114-41-39-112-37-35-94-68(101)44-51(3)76(94)107)17-11-12-33-86-67(100)49-115-62-19-10-8-9-18-60-70(62)92-93-95(60)77-73(104)72(103)71(102)63(48-96)116-77/h20-21,24-25,46-47,50-51,54,59,62-65,69,71-73,77,92-93,96-97,102-104H,8-19,22-23,26-45,48-49H2,1-7H3,(H,86,100)(H,88,105)(H,89,99)(H,90,106)(H3,85,87,110)(H,91,108,109)/t51?,54-,59-,62?,63-,64-,65-,69+,71+,72+,73-,77-,81-,82-,83+,84+/m1/s1. The number of ketones is 1. The summed E-state index contributed by atoms with van der Waals surface area (Å²) in [6.45, 7) is 14.8. The van der Waals surface area contributed by atoms with Gasteiger partial charge in [-0.15, -0.1) is 5.53 Å². The second-order valence-electron chi connectivity index (χ2n) is 34.3. The van der Waals surface area contributed by atoms with Crippen molar-refractivity contribution in [3.63, 3.8) is 0 Å².